The van der Waals surface area contributed by atoms with Crippen LogP contribution in [-0.2, 0) is 4.79 Å². The van der Waals surface area contributed by atoms with Crippen molar-refractivity contribution in [3.05, 3.63) is 65.7 Å². The molecule has 2 atom stereocenters. The largest absolute Gasteiger partial charge is 0.398 e. The van der Waals surface area contributed by atoms with Crippen LogP contribution in [-0.4, -0.2) is 35.5 Å². The molecule has 3 rings (SSSR count). The number of para-hydroxylation sites is 1. The number of nitrogens with two attached hydrogens (primary N) is 1. The molecule has 1 aliphatic heterocycles. The van der Waals surface area contributed by atoms with E-state index >= 15 is 0 Å². The maximum Gasteiger partial charge on any atom is 0.242 e. The number of aliphatic hydroxyl groups excluding tert-OH is 1. The highest BCUT2D eigenvalue weighted by Crippen LogP contribution is 2.27. The summed E-state index contributed by atoms with van der Waals surface area (Å²) in [5.41, 5.74) is 8.14. The number of carbonyl (C=O) groups excluding carboxylic acids is 1. The van der Waals surface area contributed by atoms with E-state index in [9.17, 15) is 9.90 Å². The number of hydrogen-bond acceptors (Lipinski definition) is 4. The number of aliphatic hydroxyl groups is 1. The van der Waals surface area contributed by atoms with E-state index in [1.165, 1.54) is 0 Å². The first kappa shape index (κ1) is 15.5. The predicted octanol–water partition coefficient (Wildman–Crippen LogP) is 1.48. The summed E-state index contributed by atoms with van der Waals surface area (Å²) in [5, 5.41) is 13.4. The van der Waals surface area contributed by atoms with Crippen LogP contribution < -0.4 is 11.1 Å². The van der Waals surface area contributed by atoms with Crippen LogP contribution >= 0.6 is 0 Å². The highest BCUT2D eigenvalue weighted by Gasteiger charge is 2.32. The van der Waals surface area contributed by atoms with Gasteiger partial charge in [-0.15, -0.1) is 0 Å². The Morgan fingerprint density at radius 2 is 1.87 bits per heavy atom. The third-order valence-electron chi connectivity index (χ3n) is 4.19. The van der Waals surface area contributed by atoms with Crippen molar-refractivity contribution in [1.82, 2.24) is 10.2 Å². The molecule has 0 saturated carbocycles. The van der Waals surface area contributed by atoms with E-state index in [2.05, 4.69) is 5.32 Å². The van der Waals surface area contributed by atoms with Gasteiger partial charge in [0.05, 0.1) is 6.10 Å². The van der Waals surface area contributed by atoms with Crippen molar-refractivity contribution in [2.75, 3.05) is 25.4 Å². The maximum absolute atomic E-state index is 12.3. The SMILES string of the molecule is Nc1ccccc1C(O)CN1CCNC(=O)C1c1ccccc1. The fourth-order valence-corrected chi connectivity index (χ4v) is 3.04. The van der Waals surface area contributed by atoms with Gasteiger partial charge in [-0.1, -0.05) is 48.5 Å². The van der Waals surface area contributed by atoms with Crippen molar-refractivity contribution < 1.29 is 9.90 Å². The molecule has 1 saturated heterocycles. The molecule has 1 fully saturated rings. The fraction of sp³-hybridized carbons (Fsp3) is 0.278. The summed E-state index contributed by atoms with van der Waals surface area (Å²) in [5.74, 6) is -0.0318. The summed E-state index contributed by atoms with van der Waals surface area (Å²) >= 11 is 0. The third-order valence-corrected chi connectivity index (χ3v) is 4.19. The molecular formula is C18H21N3O2. The monoisotopic (exact) mass is 311 g/mol. The van der Waals surface area contributed by atoms with Gasteiger partial charge in [-0.05, 0) is 11.6 Å². The minimum atomic E-state index is -0.728. The quantitative estimate of drug-likeness (QED) is 0.747. The zero-order chi connectivity index (χ0) is 16.2. The minimum Gasteiger partial charge on any atom is -0.398 e. The zero-order valence-corrected chi connectivity index (χ0v) is 12.9. The van der Waals surface area contributed by atoms with Gasteiger partial charge in [0.2, 0.25) is 5.91 Å². The second-order valence-corrected chi connectivity index (χ2v) is 5.74. The molecule has 4 N–H and O–H groups in total. The zero-order valence-electron chi connectivity index (χ0n) is 12.9. The Hall–Kier alpha value is -2.37. The summed E-state index contributed by atoms with van der Waals surface area (Å²) < 4.78 is 0. The van der Waals surface area contributed by atoms with Crippen LogP contribution in [0, 0.1) is 0 Å². The van der Waals surface area contributed by atoms with E-state index in [0.717, 1.165) is 5.56 Å². The number of β-amino-alcohol motifs (C(OH)–C–C–N with tert-alkyl or cyclic N) is 1. The lowest BCUT2D eigenvalue weighted by molar-refractivity contribution is -0.130. The van der Waals surface area contributed by atoms with Crippen molar-refractivity contribution in [2.24, 2.45) is 0 Å². The van der Waals surface area contributed by atoms with Crippen LogP contribution in [0.15, 0.2) is 54.6 Å². The molecule has 2 unspecified atom stereocenters. The van der Waals surface area contributed by atoms with Crippen LogP contribution in [0.25, 0.3) is 0 Å². The molecule has 0 bridgehead atoms. The molecule has 23 heavy (non-hydrogen) atoms. The van der Waals surface area contributed by atoms with Crippen molar-refractivity contribution >= 4 is 11.6 Å². The lowest BCUT2D eigenvalue weighted by atomic mass is 10.0. The van der Waals surface area contributed by atoms with Gasteiger partial charge in [0.1, 0.15) is 6.04 Å². The first-order chi connectivity index (χ1) is 11.2. The Labute approximate surface area is 135 Å². The highest BCUT2D eigenvalue weighted by atomic mass is 16.3. The molecule has 0 spiro atoms. The lowest BCUT2D eigenvalue weighted by Gasteiger charge is -2.36. The molecule has 1 heterocycles. The van der Waals surface area contributed by atoms with E-state index in [1.54, 1.807) is 6.07 Å². The van der Waals surface area contributed by atoms with Crippen LogP contribution in [0.1, 0.15) is 23.3 Å². The Balaban J connectivity index is 1.82. The highest BCUT2D eigenvalue weighted by molar-refractivity contribution is 5.83. The molecule has 0 radical (unpaired) electrons. The molecular weight excluding hydrogens is 290 g/mol. The predicted molar refractivity (Wildman–Crippen MR) is 89.6 cm³/mol. The number of rotatable bonds is 4. The normalized spacial score (nSPS) is 20.0. The maximum atomic E-state index is 12.3. The van der Waals surface area contributed by atoms with E-state index < -0.39 is 6.10 Å². The lowest BCUT2D eigenvalue weighted by Crippen LogP contribution is -2.51. The molecule has 2 aromatic carbocycles. The number of amides is 1. The second kappa shape index (κ2) is 6.81. The first-order valence-corrected chi connectivity index (χ1v) is 7.76. The smallest absolute Gasteiger partial charge is 0.242 e. The number of nitrogens with one attached hydrogen (secondary N) is 1. The Morgan fingerprint density at radius 1 is 1.17 bits per heavy atom. The Kier molecular flexibility index (Phi) is 4.60. The molecule has 2 aromatic rings. The van der Waals surface area contributed by atoms with Gasteiger partial charge in [-0.25, -0.2) is 0 Å². The third kappa shape index (κ3) is 3.36. The summed E-state index contributed by atoms with van der Waals surface area (Å²) in [6.45, 7) is 1.63. The summed E-state index contributed by atoms with van der Waals surface area (Å²) in [4.78, 5) is 14.3. The van der Waals surface area contributed by atoms with Gasteiger partial charge in [-0.2, -0.15) is 0 Å². The van der Waals surface area contributed by atoms with Crippen LogP contribution in [0.2, 0.25) is 0 Å². The summed E-state index contributed by atoms with van der Waals surface area (Å²) in [6, 6.07) is 16.5. The topological polar surface area (TPSA) is 78.6 Å². The number of benzene rings is 2. The molecule has 0 aliphatic carbocycles. The summed E-state index contributed by atoms with van der Waals surface area (Å²) in [6.07, 6.45) is -0.728. The average Bonchev–Trinajstić information content (AvgIpc) is 2.56. The van der Waals surface area contributed by atoms with Gasteiger partial charge < -0.3 is 16.2 Å². The van der Waals surface area contributed by atoms with Gasteiger partial charge >= 0.3 is 0 Å². The van der Waals surface area contributed by atoms with E-state index in [1.807, 2.05) is 53.4 Å². The van der Waals surface area contributed by atoms with Crippen LogP contribution in [0.4, 0.5) is 5.69 Å². The Morgan fingerprint density at radius 3 is 2.61 bits per heavy atom. The molecule has 1 aliphatic rings. The van der Waals surface area contributed by atoms with E-state index in [0.29, 0.717) is 30.9 Å². The molecule has 5 nitrogen and oxygen atoms in total. The standard InChI is InChI=1S/C18H21N3O2/c19-15-9-5-4-8-14(15)16(22)12-21-11-10-20-18(23)17(21)13-6-2-1-3-7-13/h1-9,16-17,22H,10-12,19H2,(H,20,23). The molecule has 0 aromatic heterocycles. The Bertz CT molecular complexity index is 675. The number of piperazine rings is 1. The number of carbonyl (C=O) groups is 1. The van der Waals surface area contributed by atoms with E-state index in [4.69, 9.17) is 5.73 Å². The molecule has 1 amide bonds. The number of nitrogen functional groups attached to an aromatic ring is 1. The van der Waals surface area contributed by atoms with Gasteiger partial charge in [0.25, 0.3) is 0 Å². The number of hydrogen-bond donors (Lipinski definition) is 3. The number of anilines is 1. The number of nitrogens with zero attached hydrogens (tertiary/aromatic N) is 1. The first-order valence-electron chi connectivity index (χ1n) is 7.76. The molecule has 5 heteroatoms. The van der Waals surface area contributed by atoms with Crippen molar-refractivity contribution in [3.8, 4) is 0 Å². The molecule has 120 valence electrons. The van der Waals surface area contributed by atoms with Crippen LogP contribution in [0.5, 0.6) is 0 Å². The van der Waals surface area contributed by atoms with Crippen molar-refractivity contribution in [2.45, 2.75) is 12.1 Å². The summed E-state index contributed by atoms with van der Waals surface area (Å²) in [7, 11) is 0. The van der Waals surface area contributed by atoms with Gasteiger partial charge in [0.15, 0.2) is 0 Å². The minimum absolute atomic E-state index is 0.0318. The van der Waals surface area contributed by atoms with Crippen molar-refractivity contribution in [1.29, 1.82) is 0 Å². The second-order valence-electron chi connectivity index (χ2n) is 5.74. The fourth-order valence-electron chi connectivity index (χ4n) is 3.04. The van der Waals surface area contributed by atoms with E-state index in [-0.39, 0.29) is 11.9 Å². The van der Waals surface area contributed by atoms with Gasteiger partial charge in [-0.3, -0.25) is 9.69 Å². The van der Waals surface area contributed by atoms with Crippen LogP contribution in [0.3, 0.4) is 0 Å². The average molecular weight is 311 g/mol. The van der Waals surface area contributed by atoms with Crippen molar-refractivity contribution in [3.63, 3.8) is 0 Å². The van der Waals surface area contributed by atoms with Gasteiger partial charge in [0, 0.05) is 30.9 Å².